The third-order valence-corrected chi connectivity index (χ3v) is 13.9. The fraction of sp³-hybridized carbons (Fsp3) is 0.125. The van der Waals surface area contributed by atoms with E-state index in [-0.39, 0.29) is 0 Å². The normalized spacial score (nSPS) is 16.4. The maximum atomic E-state index is 7.23. The Morgan fingerprint density at radius 2 is 0.985 bits per heavy atom. The Labute approximate surface area is 385 Å². The largest absolute Gasteiger partial charge is 0.398 e. The van der Waals surface area contributed by atoms with E-state index in [1.165, 1.54) is 77.9 Å². The fourth-order valence-electron chi connectivity index (χ4n) is 11.3. The highest BCUT2D eigenvalue weighted by molar-refractivity contribution is 5.96. The summed E-state index contributed by atoms with van der Waals surface area (Å²) in [5.41, 5.74) is 29.6. The number of hydrogen-bond acceptors (Lipinski definition) is 1. The minimum absolute atomic E-state index is 0.545. The number of benzene rings is 8. The molecule has 2 spiro atoms. The van der Waals surface area contributed by atoms with Gasteiger partial charge < -0.3 is 5.73 Å². The number of rotatable bonds is 8. The van der Waals surface area contributed by atoms with Crippen LogP contribution in [0.2, 0.25) is 0 Å². The summed E-state index contributed by atoms with van der Waals surface area (Å²) in [6.45, 7) is 8.56. The molecular weight excluding hydrogens is 783 g/mol. The van der Waals surface area contributed by atoms with Crippen LogP contribution in [-0.2, 0) is 17.3 Å². The van der Waals surface area contributed by atoms with Crippen molar-refractivity contribution in [3.8, 4) is 22.3 Å². The first-order valence-corrected chi connectivity index (χ1v) is 23.4. The Morgan fingerprint density at radius 1 is 0.492 bits per heavy atom. The van der Waals surface area contributed by atoms with Gasteiger partial charge in [0.2, 0.25) is 0 Å². The molecule has 1 atom stereocenters. The zero-order chi connectivity index (χ0) is 44.5. The van der Waals surface area contributed by atoms with Crippen molar-refractivity contribution >= 4 is 16.8 Å². The molecular formula is C64H55N. The van der Waals surface area contributed by atoms with Crippen LogP contribution in [0.1, 0.15) is 95.3 Å². The summed E-state index contributed by atoms with van der Waals surface area (Å²) < 4.78 is 0. The van der Waals surface area contributed by atoms with E-state index in [0.717, 1.165) is 40.8 Å². The molecule has 1 nitrogen and oxygen atoms in total. The molecule has 1 unspecified atom stereocenters. The molecule has 0 aliphatic heterocycles. The summed E-state index contributed by atoms with van der Waals surface area (Å²) in [5.74, 6) is 0. The van der Waals surface area contributed by atoms with Crippen LogP contribution in [0.25, 0.3) is 39.1 Å². The highest BCUT2D eigenvalue weighted by Gasteiger charge is 2.59. The van der Waals surface area contributed by atoms with Gasteiger partial charge in [-0.2, -0.15) is 0 Å². The zero-order valence-electron chi connectivity index (χ0n) is 37.9. The van der Waals surface area contributed by atoms with Crippen molar-refractivity contribution in [3.05, 3.63) is 291 Å². The Morgan fingerprint density at radius 3 is 1.63 bits per heavy atom. The SMILES string of the molecule is CC.CC/C=C\C1=C(C)c2ccccc2C12c1ccccc1C1(c3ccccc3-c3ccccc31)c1c(-c3cccc(/C(N)=C/C(=C\Cc4ccccc4)c4ccccc4)c3)cccc12. The van der Waals surface area contributed by atoms with Gasteiger partial charge in [0.15, 0.2) is 0 Å². The first kappa shape index (κ1) is 41.5. The lowest BCUT2D eigenvalue weighted by Crippen LogP contribution is -2.44. The zero-order valence-corrected chi connectivity index (χ0v) is 37.9. The Bertz CT molecular complexity index is 3150. The molecule has 0 saturated carbocycles. The first-order valence-electron chi connectivity index (χ1n) is 23.4. The van der Waals surface area contributed by atoms with Gasteiger partial charge in [0.25, 0.3) is 0 Å². The molecule has 316 valence electrons. The molecule has 1 heteroatoms. The number of allylic oxidation sites excluding steroid dienone is 7. The van der Waals surface area contributed by atoms with Gasteiger partial charge in [-0.3, -0.25) is 0 Å². The van der Waals surface area contributed by atoms with Crippen LogP contribution in [0.5, 0.6) is 0 Å². The van der Waals surface area contributed by atoms with Gasteiger partial charge in [-0.25, -0.2) is 0 Å². The van der Waals surface area contributed by atoms with Crippen LogP contribution >= 0.6 is 0 Å². The van der Waals surface area contributed by atoms with Gasteiger partial charge in [0, 0.05) is 5.70 Å². The predicted octanol–water partition coefficient (Wildman–Crippen LogP) is 15.8. The molecule has 8 aromatic rings. The first-order chi connectivity index (χ1) is 32.1. The van der Waals surface area contributed by atoms with Crippen molar-refractivity contribution < 1.29 is 0 Å². The van der Waals surface area contributed by atoms with E-state index in [9.17, 15) is 0 Å². The highest BCUT2D eigenvalue weighted by Crippen LogP contribution is 2.68. The predicted molar refractivity (Wildman–Crippen MR) is 276 cm³/mol. The van der Waals surface area contributed by atoms with Crippen LogP contribution in [0.15, 0.2) is 230 Å². The van der Waals surface area contributed by atoms with Crippen LogP contribution in [0.3, 0.4) is 0 Å². The van der Waals surface area contributed by atoms with E-state index in [1.54, 1.807) is 0 Å². The summed E-state index contributed by atoms with van der Waals surface area (Å²) in [5, 5.41) is 0. The van der Waals surface area contributed by atoms with E-state index in [0.29, 0.717) is 0 Å². The van der Waals surface area contributed by atoms with Gasteiger partial charge in [-0.1, -0.05) is 233 Å². The standard InChI is InChI=1S/C62H49N.C2H6/c1-3-4-31-52-42(2)48-27-11-14-32-53(48)61(52)56-35-17-18-36-57(56)62(54-33-15-12-28-50(54)51-29-13-16-34-55(51)62)60-49(30-20-37-58(60)61)46-25-19-26-47(40-46)59(63)41-45(44-23-9-6-10-24-44)39-38-43-21-7-5-8-22-43;1-2/h4-37,39-41H,3,38,63H2,1-2H3;1-2H3/b31-4-,45-39+,59-41-;. The second kappa shape index (κ2) is 17.2. The van der Waals surface area contributed by atoms with Crippen molar-refractivity contribution in [1.29, 1.82) is 0 Å². The third kappa shape index (κ3) is 6.44. The molecule has 8 aromatic carbocycles. The van der Waals surface area contributed by atoms with E-state index in [4.69, 9.17) is 5.73 Å². The maximum Gasteiger partial charge on any atom is 0.0725 e. The minimum atomic E-state index is -0.593. The van der Waals surface area contributed by atoms with Gasteiger partial charge >= 0.3 is 0 Å². The van der Waals surface area contributed by atoms with Crippen LogP contribution in [-0.4, -0.2) is 0 Å². The topological polar surface area (TPSA) is 26.0 Å². The lowest BCUT2D eigenvalue weighted by atomic mass is 9.51. The third-order valence-electron chi connectivity index (χ3n) is 13.9. The Hall–Kier alpha value is -7.48. The molecule has 0 aromatic heterocycles. The van der Waals surface area contributed by atoms with E-state index in [2.05, 4.69) is 238 Å². The van der Waals surface area contributed by atoms with E-state index >= 15 is 0 Å². The molecule has 0 fully saturated rings. The summed E-state index contributed by atoms with van der Waals surface area (Å²) >= 11 is 0. The fourth-order valence-corrected chi connectivity index (χ4v) is 11.3. The van der Waals surface area contributed by atoms with Crippen LogP contribution < -0.4 is 5.73 Å². The van der Waals surface area contributed by atoms with Gasteiger partial charge in [0.1, 0.15) is 0 Å². The summed E-state index contributed by atoms with van der Waals surface area (Å²) in [6, 6.07) is 74.0. The van der Waals surface area contributed by atoms with Gasteiger partial charge in [-0.05, 0) is 132 Å². The van der Waals surface area contributed by atoms with Crippen molar-refractivity contribution in [1.82, 2.24) is 0 Å². The molecule has 65 heavy (non-hydrogen) atoms. The monoisotopic (exact) mass is 837 g/mol. The molecule has 0 bridgehead atoms. The van der Waals surface area contributed by atoms with Gasteiger partial charge in [0.05, 0.1) is 10.8 Å². The molecule has 0 amide bonds. The van der Waals surface area contributed by atoms with Crippen molar-refractivity contribution in [2.45, 2.75) is 51.4 Å². The van der Waals surface area contributed by atoms with Gasteiger partial charge in [-0.15, -0.1) is 0 Å². The second-order valence-electron chi connectivity index (χ2n) is 17.2. The van der Waals surface area contributed by atoms with Crippen molar-refractivity contribution in [3.63, 3.8) is 0 Å². The Balaban J connectivity index is 0.00000246. The number of hydrogen-bond donors (Lipinski definition) is 1. The molecule has 3 aliphatic rings. The molecule has 2 N–H and O–H groups in total. The second-order valence-corrected chi connectivity index (χ2v) is 17.2. The average molecular weight is 838 g/mol. The lowest BCUT2D eigenvalue weighted by Gasteiger charge is -2.50. The van der Waals surface area contributed by atoms with E-state index < -0.39 is 10.8 Å². The maximum absolute atomic E-state index is 7.23. The minimum Gasteiger partial charge on any atom is -0.398 e. The van der Waals surface area contributed by atoms with Crippen molar-refractivity contribution in [2.75, 3.05) is 0 Å². The molecule has 11 rings (SSSR count). The summed E-state index contributed by atoms with van der Waals surface area (Å²) in [4.78, 5) is 0. The number of fused-ring (bicyclic) bond motifs is 13. The average Bonchev–Trinajstić information content (AvgIpc) is 3.81. The Kier molecular flexibility index (Phi) is 11.0. The molecule has 3 aliphatic carbocycles. The highest BCUT2D eigenvalue weighted by atomic mass is 14.6. The lowest BCUT2D eigenvalue weighted by molar-refractivity contribution is 0.631. The van der Waals surface area contributed by atoms with Crippen LogP contribution in [0.4, 0.5) is 0 Å². The molecule has 0 heterocycles. The van der Waals surface area contributed by atoms with E-state index in [1.807, 2.05) is 13.8 Å². The molecule has 0 saturated heterocycles. The molecule has 0 radical (unpaired) electrons. The smallest absolute Gasteiger partial charge is 0.0725 e. The quantitative estimate of drug-likeness (QED) is 0.152. The van der Waals surface area contributed by atoms with Crippen molar-refractivity contribution in [2.24, 2.45) is 5.73 Å². The number of nitrogens with two attached hydrogens (primary N) is 1. The summed E-state index contributed by atoms with van der Waals surface area (Å²) in [6.07, 6.45) is 11.0. The van der Waals surface area contributed by atoms with Crippen LogP contribution in [0, 0.1) is 0 Å². The summed E-state index contributed by atoms with van der Waals surface area (Å²) in [7, 11) is 0.